The minimum Gasteiger partial charge on any atom is -0.312 e. The van der Waals surface area contributed by atoms with Crippen molar-refractivity contribution >= 4 is 21.6 Å². The maximum absolute atomic E-state index is 12.7. The molecule has 0 saturated heterocycles. The van der Waals surface area contributed by atoms with Crippen molar-refractivity contribution in [2.75, 3.05) is 0 Å². The van der Waals surface area contributed by atoms with E-state index in [0.29, 0.717) is 0 Å². The van der Waals surface area contributed by atoms with Crippen LogP contribution in [0.15, 0.2) is 29.1 Å². The van der Waals surface area contributed by atoms with Gasteiger partial charge in [0.1, 0.15) is 10.7 Å². The largest absolute Gasteiger partial charge is 0.312 e. The second-order valence-corrected chi connectivity index (χ2v) is 7.77. The zero-order valence-corrected chi connectivity index (χ0v) is 13.9. The van der Waals surface area contributed by atoms with Crippen LogP contribution in [0.3, 0.4) is 0 Å². The molecule has 2 aromatic heterocycles. The second-order valence-electron chi connectivity index (χ2n) is 6.68. The molecule has 0 amide bonds. The predicted molar refractivity (Wildman–Crippen MR) is 94.2 cm³/mol. The van der Waals surface area contributed by atoms with E-state index >= 15 is 0 Å². The van der Waals surface area contributed by atoms with E-state index in [1.54, 1.807) is 0 Å². The molecule has 0 saturated carbocycles. The van der Waals surface area contributed by atoms with E-state index in [1.165, 1.54) is 28.8 Å². The summed E-state index contributed by atoms with van der Waals surface area (Å²) in [6, 6.07) is 8.30. The lowest BCUT2D eigenvalue weighted by Crippen LogP contribution is -2.16. The Labute approximate surface area is 138 Å². The van der Waals surface area contributed by atoms with Crippen LogP contribution < -0.4 is 5.56 Å². The Kier molecular flexibility index (Phi) is 2.80. The normalized spacial score (nSPS) is 18.7. The zero-order valence-electron chi connectivity index (χ0n) is 13.1. The highest BCUT2D eigenvalue weighted by molar-refractivity contribution is 7.18. The molecule has 0 fully saturated rings. The lowest BCUT2D eigenvalue weighted by atomic mass is 9.86. The fraction of sp³-hybridized carbons (Fsp3) is 0.368. The third-order valence-electron chi connectivity index (χ3n) is 5.43. The van der Waals surface area contributed by atoms with Crippen LogP contribution in [0.25, 0.3) is 21.6 Å². The van der Waals surface area contributed by atoms with Gasteiger partial charge < -0.3 is 4.57 Å². The lowest BCUT2D eigenvalue weighted by molar-refractivity contribution is 0.451. The van der Waals surface area contributed by atoms with Crippen LogP contribution >= 0.6 is 11.3 Å². The van der Waals surface area contributed by atoms with Crippen LogP contribution in [0.1, 0.15) is 35.8 Å². The molecule has 0 N–H and O–H groups in total. The molecule has 0 radical (unpaired) electrons. The molecular formula is C19H18N2OS. The minimum atomic E-state index is -0.0320. The first-order chi connectivity index (χ1) is 11.3. The molecule has 1 atom stereocenters. The number of fused-ring (bicyclic) bond motifs is 7. The van der Waals surface area contributed by atoms with Crippen LogP contribution in [0, 0.1) is 5.92 Å². The van der Waals surface area contributed by atoms with Crippen molar-refractivity contribution in [3.05, 3.63) is 50.6 Å². The summed E-state index contributed by atoms with van der Waals surface area (Å²) >= 11 is 1.83. The van der Waals surface area contributed by atoms with E-state index in [-0.39, 0.29) is 5.56 Å². The van der Waals surface area contributed by atoms with Crippen LogP contribution in [0.2, 0.25) is 0 Å². The first-order valence-corrected chi connectivity index (χ1v) is 9.21. The van der Waals surface area contributed by atoms with Crippen LogP contribution in [0.4, 0.5) is 0 Å². The van der Waals surface area contributed by atoms with Crippen molar-refractivity contribution in [1.82, 2.24) is 9.55 Å². The van der Waals surface area contributed by atoms with Crippen molar-refractivity contribution in [1.29, 1.82) is 0 Å². The van der Waals surface area contributed by atoms with E-state index in [9.17, 15) is 4.79 Å². The van der Waals surface area contributed by atoms with E-state index in [1.807, 2.05) is 17.4 Å². The van der Waals surface area contributed by atoms with Gasteiger partial charge in [0.2, 0.25) is 0 Å². The van der Waals surface area contributed by atoms with Gasteiger partial charge in [-0.25, -0.2) is 0 Å². The number of rotatable bonds is 1. The maximum atomic E-state index is 12.7. The van der Waals surface area contributed by atoms with Gasteiger partial charge in [-0.15, -0.1) is 11.3 Å². The number of hydrogen-bond acceptors (Lipinski definition) is 3. The van der Waals surface area contributed by atoms with Gasteiger partial charge in [0.15, 0.2) is 0 Å². The van der Waals surface area contributed by atoms with Gasteiger partial charge in [-0.3, -0.25) is 4.79 Å². The third kappa shape index (κ3) is 1.81. The lowest BCUT2D eigenvalue weighted by Gasteiger charge is -2.20. The zero-order chi connectivity index (χ0) is 15.6. The standard InChI is InChI=1S/C19H18N2OS/c1-2-11-7-8-14-15(9-11)23-19-16(14)18(22)20-17-13-6-4-3-5-12(13)10-21(17)19/h3-6,11H,2,7-10H2,1H3. The van der Waals surface area contributed by atoms with E-state index < -0.39 is 0 Å². The predicted octanol–water partition coefficient (Wildman–Crippen LogP) is 4.00. The van der Waals surface area contributed by atoms with Gasteiger partial charge >= 0.3 is 0 Å². The Morgan fingerprint density at radius 2 is 2.22 bits per heavy atom. The molecular weight excluding hydrogens is 304 g/mol. The monoisotopic (exact) mass is 322 g/mol. The molecule has 3 nitrogen and oxygen atoms in total. The average molecular weight is 322 g/mol. The number of aromatic nitrogens is 2. The van der Waals surface area contributed by atoms with Crippen molar-refractivity contribution in [2.24, 2.45) is 5.92 Å². The van der Waals surface area contributed by atoms with Crippen molar-refractivity contribution in [3.63, 3.8) is 0 Å². The summed E-state index contributed by atoms with van der Waals surface area (Å²) in [5, 5.41) is 0.899. The molecule has 4 heteroatoms. The number of nitrogens with zero attached hydrogens (tertiary/aromatic N) is 2. The minimum absolute atomic E-state index is 0.0320. The highest BCUT2D eigenvalue weighted by Gasteiger charge is 2.28. The summed E-state index contributed by atoms with van der Waals surface area (Å²) in [6.07, 6.45) is 4.60. The summed E-state index contributed by atoms with van der Waals surface area (Å²) in [6.45, 7) is 3.11. The Morgan fingerprint density at radius 1 is 1.35 bits per heavy atom. The second kappa shape index (κ2) is 4.78. The molecule has 1 aliphatic carbocycles. The quantitative estimate of drug-likeness (QED) is 0.531. The summed E-state index contributed by atoms with van der Waals surface area (Å²) in [5.41, 5.74) is 3.64. The molecule has 23 heavy (non-hydrogen) atoms. The Bertz CT molecular complexity index is 999. The third-order valence-corrected chi connectivity index (χ3v) is 6.71. The average Bonchev–Trinajstić information content (AvgIpc) is 3.13. The number of aryl methyl sites for hydroxylation is 1. The molecule has 2 aliphatic rings. The highest BCUT2D eigenvalue weighted by atomic mass is 32.1. The highest BCUT2D eigenvalue weighted by Crippen LogP contribution is 2.40. The molecule has 0 bridgehead atoms. The van der Waals surface area contributed by atoms with Crippen molar-refractivity contribution in [2.45, 2.75) is 39.2 Å². The van der Waals surface area contributed by atoms with Gasteiger partial charge in [0.05, 0.1) is 11.9 Å². The molecule has 116 valence electrons. The number of hydrogen-bond donors (Lipinski definition) is 0. The van der Waals surface area contributed by atoms with Gasteiger partial charge in [-0.05, 0) is 36.3 Å². The molecule has 1 aromatic carbocycles. The molecule has 1 aliphatic heterocycles. The summed E-state index contributed by atoms with van der Waals surface area (Å²) < 4.78 is 2.26. The first-order valence-electron chi connectivity index (χ1n) is 8.39. The van der Waals surface area contributed by atoms with Gasteiger partial charge in [0.25, 0.3) is 5.56 Å². The van der Waals surface area contributed by atoms with Crippen LogP contribution in [-0.2, 0) is 19.4 Å². The number of benzene rings is 1. The van der Waals surface area contributed by atoms with Gasteiger partial charge in [-0.1, -0.05) is 37.6 Å². The van der Waals surface area contributed by atoms with E-state index in [0.717, 1.165) is 46.9 Å². The maximum Gasteiger partial charge on any atom is 0.282 e. The Balaban J connectivity index is 1.79. The van der Waals surface area contributed by atoms with Crippen molar-refractivity contribution in [3.8, 4) is 11.4 Å². The van der Waals surface area contributed by atoms with Gasteiger partial charge in [0, 0.05) is 10.4 Å². The first kappa shape index (κ1) is 13.5. The van der Waals surface area contributed by atoms with Crippen LogP contribution in [-0.4, -0.2) is 9.55 Å². The molecule has 5 rings (SSSR count). The molecule has 1 unspecified atom stereocenters. The smallest absolute Gasteiger partial charge is 0.282 e. The molecule has 0 spiro atoms. The van der Waals surface area contributed by atoms with E-state index in [4.69, 9.17) is 0 Å². The summed E-state index contributed by atoms with van der Waals surface area (Å²) in [5.74, 6) is 1.62. The Hall–Kier alpha value is -1.94. The fourth-order valence-electron chi connectivity index (χ4n) is 4.11. The Morgan fingerprint density at radius 3 is 3.09 bits per heavy atom. The summed E-state index contributed by atoms with van der Waals surface area (Å²) in [7, 11) is 0. The molecule has 3 aromatic rings. The topological polar surface area (TPSA) is 34.9 Å². The molecule has 3 heterocycles. The SMILES string of the molecule is CCC1CCc2c(sc3c2c(=O)nc2n3Cc3ccccc3-2)C1. The summed E-state index contributed by atoms with van der Waals surface area (Å²) in [4.78, 5) is 19.7. The van der Waals surface area contributed by atoms with Crippen LogP contribution in [0.5, 0.6) is 0 Å². The van der Waals surface area contributed by atoms with Crippen molar-refractivity contribution < 1.29 is 0 Å². The fourth-order valence-corrected chi connectivity index (χ4v) is 5.56. The van der Waals surface area contributed by atoms with Gasteiger partial charge in [-0.2, -0.15) is 4.98 Å². The number of thiophene rings is 1. The van der Waals surface area contributed by atoms with E-state index in [2.05, 4.69) is 34.7 Å².